The van der Waals surface area contributed by atoms with E-state index in [2.05, 4.69) is 21.3 Å². The average Bonchev–Trinajstić information content (AvgIpc) is 2.74. The fourth-order valence-electron chi connectivity index (χ4n) is 3.28. The van der Waals surface area contributed by atoms with Gasteiger partial charge in [0.25, 0.3) is 0 Å². The molecule has 1 aliphatic heterocycles. The lowest BCUT2D eigenvalue weighted by Gasteiger charge is -2.32. The molecule has 2 aromatic rings. The standard InChI is InChI=1S/C21H24N4O2/c1-27-19-5-2-16(3-6-19)8-11-23-21(26)18-9-12-25(13-10-18)20-7-4-17(14-22)15-24-20/h2-7,15,18H,8-13H2,1H3,(H,23,26). The van der Waals surface area contributed by atoms with Gasteiger partial charge in [-0.2, -0.15) is 5.26 Å². The minimum absolute atomic E-state index is 0.0514. The van der Waals surface area contributed by atoms with Gasteiger partial charge in [-0.3, -0.25) is 4.79 Å². The summed E-state index contributed by atoms with van der Waals surface area (Å²) in [6, 6.07) is 13.6. The van der Waals surface area contributed by atoms with Gasteiger partial charge in [-0.1, -0.05) is 12.1 Å². The molecular formula is C21H24N4O2. The highest BCUT2D eigenvalue weighted by molar-refractivity contribution is 5.79. The number of anilines is 1. The minimum atomic E-state index is 0.0514. The summed E-state index contributed by atoms with van der Waals surface area (Å²) >= 11 is 0. The van der Waals surface area contributed by atoms with Gasteiger partial charge >= 0.3 is 0 Å². The molecule has 1 aliphatic rings. The summed E-state index contributed by atoms with van der Waals surface area (Å²) in [4.78, 5) is 18.9. The number of nitrogens with one attached hydrogen (secondary N) is 1. The highest BCUT2D eigenvalue weighted by Gasteiger charge is 2.25. The monoisotopic (exact) mass is 364 g/mol. The number of nitrogens with zero attached hydrogens (tertiary/aromatic N) is 3. The van der Waals surface area contributed by atoms with Crippen molar-refractivity contribution in [2.75, 3.05) is 31.6 Å². The van der Waals surface area contributed by atoms with Crippen LogP contribution < -0.4 is 15.0 Å². The number of nitriles is 1. The summed E-state index contributed by atoms with van der Waals surface area (Å²) in [6.45, 7) is 2.24. The van der Waals surface area contributed by atoms with Crippen molar-refractivity contribution in [3.05, 3.63) is 53.7 Å². The van der Waals surface area contributed by atoms with Crippen LogP contribution in [-0.4, -0.2) is 37.6 Å². The Morgan fingerprint density at radius 3 is 2.59 bits per heavy atom. The van der Waals surface area contributed by atoms with E-state index in [0.29, 0.717) is 12.1 Å². The zero-order chi connectivity index (χ0) is 19.1. The number of hydrogen-bond donors (Lipinski definition) is 1. The summed E-state index contributed by atoms with van der Waals surface area (Å²) in [5, 5.41) is 11.9. The largest absolute Gasteiger partial charge is 0.497 e. The number of piperidine rings is 1. The predicted molar refractivity (Wildman–Crippen MR) is 104 cm³/mol. The van der Waals surface area contributed by atoms with Gasteiger partial charge in [0.2, 0.25) is 5.91 Å². The van der Waals surface area contributed by atoms with Crippen molar-refractivity contribution < 1.29 is 9.53 Å². The highest BCUT2D eigenvalue weighted by atomic mass is 16.5. The molecule has 0 unspecified atom stereocenters. The molecule has 2 heterocycles. The molecule has 6 heteroatoms. The normalized spacial score (nSPS) is 14.4. The molecule has 1 fully saturated rings. The smallest absolute Gasteiger partial charge is 0.223 e. The number of pyridine rings is 1. The first-order valence-electron chi connectivity index (χ1n) is 9.21. The van der Waals surface area contributed by atoms with E-state index in [9.17, 15) is 4.79 Å². The van der Waals surface area contributed by atoms with Crippen molar-refractivity contribution in [3.8, 4) is 11.8 Å². The summed E-state index contributed by atoms with van der Waals surface area (Å²) in [5.74, 6) is 1.89. The number of hydrogen-bond acceptors (Lipinski definition) is 5. The Morgan fingerprint density at radius 1 is 1.26 bits per heavy atom. The Bertz CT molecular complexity index is 788. The molecular weight excluding hydrogens is 340 g/mol. The van der Waals surface area contributed by atoms with Gasteiger partial charge in [0.15, 0.2) is 0 Å². The van der Waals surface area contributed by atoms with Gasteiger partial charge in [-0.15, -0.1) is 0 Å². The van der Waals surface area contributed by atoms with E-state index in [1.807, 2.05) is 30.3 Å². The number of aromatic nitrogens is 1. The van der Waals surface area contributed by atoms with Crippen LogP contribution in [0.15, 0.2) is 42.6 Å². The zero-order valence-electron chi connectivity index (χ0n) is 15.5. The van der Waals surface area contributed by atoms with Gasteiger partial charge in [-0.05, 0) is 49.1 Å². The fraction of sp³-hybridized carbons (Fsp3) is 0.381. The molecule has 1 saturated heterocycles. The molecule has 1 aromatic carbocycles. The van der Waals surface area contributed by atoms with Crippen LogP contribution in [0.2, 0.25) is 0 Å². The lowest BCUT2D eigenvalue weighted by Crippen LogP contribution is -2.41. The van der Waals surface area contributed by atoms with E-state index in [1.165, 1.54) is 5.56 Å². The topological polar surface area (TPSA) is 78.2 Å². The van der Waals surface area contributed by atoms with Crippen LogP contribution in [0.25, 0.3) is 0 Å². The first kappa shape index (κ1) is 18.7. The molecule has 0 aliphatic carbocycles. The number of benzene rings is 1. The van der Waals surface area contributed by atoms with E-state index in [0.717, 1.165) is 43.9 Å². The second-order valence-corrected chi connectivity index (χ2v) is 6.67. The molecule has 0 radical (unpaired) electrons. The maximum atomic E-state index is 12.4. The molecule has 140 valence electrons. The highest BCUT2D eigenvalue weighted by Crippen LogP contribution is 2.22. The van der Waals surface area contributed by atoms with E-state index >= 15 is 0 Å². The lowest BCUT2D eigenvalue weighted by molar-refractivity contribution is -0.125. The van der Waals surface area contributed by atoms with E-state index in [4.69, 9.17) is 10.00 Å². The fourth-order valence-corrected chi connectivity index (χ4v) is 3.28. The summed E-state index contributed by atoms with van der Waals surface area (Å²) < 4.78 is 5.15. The van der Waals surface area contributed by atoms with Gasteiger partial charge < -0.3 is 15.0 Å². The van der Waals surface area contributed by atoms with Gasteiger partial charge in [0, 0.05) is 31.7 Å². The second-order valence-electron chi connectivity index (χ2n) is 6.67. The molecule has 1 amide bonds. The Morgan fingerprint density at radius 2 is 2.00 bits per heavy atom. The van der Waals surface area contributed by atoms with Crippen molar-refractivity contribution in [2.24, 2.45) is 5.92 Å². The number of carbonyl (C=O) groups excluding carboxylic acids is 1. The van der Waals surface area contributed by atoms with E-state index < -0.39 is 0 Å². The SMILES string of the molecule is COc1ccc(CCNC(=O)C2CCN(c3ccc(C#N)cn3)CC2)cc1. The van der Waals surface area contributed by atoms with Crippen LogP contribution in [-0.2, 0) is 11.2 Å². The Labute approximate surface area is 159 Å². The van der Waals surface area contributed by atoms with Crippen molar-refractivity contribution in [1.82, 2.24) is 10.3 Å². The quantitative estimate of drug-likeness (QED) is 0.852. The molecule has 0 atom stereocenters. The Balaban J connectivity index is 1.41. The van der Waals surface area contributed by atoms with Crippen LogP contribution in [0.4, 0.5) is 5.82 Å². The van der Waals surface area contributed by atoms with Crippen LogP contribution in [0.5, 0.6) is 5.75 Å². The van der Waals surface area contributed by atoms with Crippen LogP contribution >= 0.6 is 0 Å². The maximum absolute atomic E-state index is 12.4. The molecule has 3 rings (SSSR count). The number of rotatable bonds is 6. The Kier molecular flexibility index (Phi) is 6.26. The van der Waals surface area contributed by atoms with Crippen molar-refractivity contribution in [3.63, 3.8) is 0 Å². The first-order valence-corrected chi connectivity index (χ1v) is 9.21. The van der Waals surface area contributed by atoms with Crippen molar-refractivity contribution >= 4 is 11.7 Å². The van der Waals surface area contributed by atoms with Crippen LogP contribution in [0, 0.1) is 17.2 Å². The Hall–Kier alpha value is -3.07. The molecule has 6 nitrogen and oxygen atoms in total. The third kappa shape index (κ3) is 4.98. The predicted octanol–water partition coefficient (Wildman–Crippen LogP) is 2.54. The summed E-state index contributed by atoms with van der Waals surface area (Å²) in [7, 11) is 1.65. The lowest BCUT2D eigenvalue weighted by atomic mass is 9.96. The summed E-state index contributed by atoms with van der Waals surface area (Å²) in [5.41, 5.74) is 1.74. The third-order valence-electron chi connectivity index (χ3n) is 4.94. The first-order chi connectivity index (χ1) is 13.2. The molecule has 1 N–H and O–H groups in total. The van der Waals surface area contributed by atoms with Crippen molar-refractivity contribution in [2.45, 2.75) is 19.3 Å². The molecule has 27 heavy (non-hydrogen) atoms. The maximum Gasteiger partial charge on any atom is 0.223 e. The molecule has 0 saturated carbocycles. The van der Waals surface area contributed by atoms with Gasteiger partial charge in [-0.25, -0.2) is 4.98 Å². The number of carbonyl (C=O) groups is 1. The van der Waals surface area contributed by atoms with Crippen molar-refractivity contribution in [1.29, 1.82) is 5.26 Å². The van der Waals surface area contributed by atoms with Gasteiger partial charge in [0.1, 0.15) is 17.6 Å². The minimum Gasteiger partial charge on any atom is -0.497 e. The molecule has 1 aromatic heterocycles. The summed E-state index contributed by atoms with van der Waals surface area (Å²) in [6.07, 6.45) is 4.03. The van der Waals surface area contributed by atoms with Crippen LogP contribution in [0.3, 0.4) is 0 Å². The molecule has 0 spiro atoms. The van der Waals surface area contributed by atoms with E-state index in [-0.39, 0.29) is 11.8 Å². The number of amides is 1. The van der Waals surface area contributed by atoms with Crippen LogP contribution in [0.1, 0.15) is 24.0 Å². The molecule has 0 bridgehead atoms. The average molecular weight is 364 g/mol. The number of ether oxygens (including phenoxy) is 1. The number of methoxy groups -OCH3 is 1. The zero-order valence-corrected chi connectivity index (χ0v) is 15.5. The second kappa shape index (κ2) is 9.04. The third-order valence-corrected chi connectivity index (χ3v) is 4.94. The van der Waals surface area contributed by atoms with E-state index in [1.54, 1.807) is 19.4 Å². The van der Waals surface area contributed by atoms with Gasteiger partial charge in [0.05, 0.1) is 12.7 Å².